The van der Waals surface area contributed by atoms with Crippen molar-refractivity contribution >= 4 is 10.9 Å². The Hall–Kier alpha value is -1.45. The van der Waals surface area contributed by atoms with E-state index in [1.54, 1.807) is 0 Å². The molecule has 1 atom stereocenters. The van der Waals surface area contributed by atoms with Crippen molar-refractivity contribution in [3.63, 3.8) is 0 Å². The quantitative estimate of drug-likeness (QED) is 0.811. The van der Waals surface area contributed by atoms with Crippen LogP contribution in [0.2, 0.25) is 0 Å². The zero-order chi connectivity index (χ0) is 13.9. The molecule has 3 nitrogen and oxygen atoms in total. The second kappa shape index (κ2) is 5.68. The Balaban J connectivity index is 2.26. The first-order valence-corrected chi connectivity index (χ1v) is 6.84. The minimum Gasteiger partial charge on any atom is -0.384 e. The number of benzene rings is 1. The Bertz CT molecular complexity index is 564. The average molecular weight is 258 g/mol. The van der Waals surface area contributed by atoms with Gasteiger partial charge in [-0.05, 0) is 50.6 Å². The predicted octanol–water partition coefficient (Wildman–Crippen LogP) is 2.75. The van der Waals surface area contributed by atoms with Gasteiger partial charge in [0.05, 0.1) is 11.1 Å². The molecule has 0 spiro atoms. The van der Waals surface area contributed by atoms with Crippen LogP contribution in [0, 0.1) is 6.92 Å². The number of nitrogens with zero attached hydrogens (tertiary/aromatic N) is 1. The first-order chi connectivity index (χ1) is 9.03. The fourth-order valence-electron chi connectivity index (χ4n) is 2.17. The van der Waals surface area contributed by atoms with Crippen molar-refractivity contribution in [3.8, 4) is 0 Å². The van der Waals surface area contributed by atoms with E-state index in [2.05, 4.69) is 23.3 Å². The maximum absolute atomic E-state index is 10.5. The van der Waals surface area contributed by atoms with E-state index in [0.717, 1.165) is 35.1 Å². The summed E-state index contributed by atoms with van der Waals surface area (Å²) in [6.45, 7) is 7.43. The third kappa shape index (κ3) is 3.31. The van der Waals surface area contributed by atoms with Gasteiger partial charge in [-0.1, -0.05) is 19.1 Å². The van der Waals surface area contributed by atoms with E-state index in [1.807, 2.05) is 38.1 Å². The third-order valence-corrected chi connectivity index (χ3v) is 3.35. The highest BCUT2D eigenvalue weighted by Crippen LogP contribution is 2.24. The van der Waals surface area contributed by atoms with E-state index >= 15 is 0 Å². The van der Waals surface area contributed by atoms with Crippen molar-refractivity contribution in [1.29, 1.82) is 0 Å². The first-order valence-electron chi connectivity index (χ1n) is 6.84. The third-order valence-electron chi connectivity index (χ3n) is 3.35. The lowest BCUT2D eigenvalue weighted by Gasteiger charge is -2.24. The molecular formula is C16H22N2O. The Kier molecular flexibility index (Phi) is 4.17. The molecular weight excluding hydrogens is 236 g/mol. The molecule has 2 N–H and O–H groups in total. The van der Waals surface area contributed by atoms with Gasteiger partial charge >= 0.3 is 0 Å². The number of fused-ring (bicyclic) bond motifs is 1. The van der Waals surface area contributed by atoms with Crippen LogP contribution < -0.4 is 5.32 Å². The highest BCUT2D eigenvalue weighted by atomic mass is 16.3. The number of hydrogen-bond acceptors (Lipinski definition) is 3. The summed E-state index contributed by atoms with van der Waals surface area (Å²) >= 11 is 0. The minimum atomic E-state index is -0.853. The SMILES string of the molecule is CCCNCC(C)(O)c1ccc2nc(C)ccc2c1. The van der Waals surface area contributed by atoms with Crippen molar-refractivity contribution in [2.45, 2.75) is 32.8 Å². The van der Waals surface area contributed by atoms with Crippen molar-refractivity contribution in [1.82, 2.24) is 10.3 Å². The van der Waals surface area contributed by atoms with Gasteiger partial charge < -0.3 is 10.4 Å². The van der Waals surface area contributed by atoms with Gasteiger partial charge in [0.15, 0.2) is 0 Å². The van der Waals surface area contributed by atoms with Crippen LogP contribution in [-0.4, -0.2) is 23.2 Å². The zero-order valence-electron chi connectivity index (χ0n) is 11.9. The van der Waals surface area contributed by atoms with E-state index in [1.165, 1.54) is 0 Å². The molecule has 1 aromatic carbocycles. The Morgan fingerprint density at radius 2 is 2.05 bits per heavy atom. The second-order valence-corrected chi connectivity index (χ2v) is 5.31. The van der Waals surface area contributed by atoms with Crippen LogP contribution in [0.5, 0.6) is 0 Å². The Morgan fingerprint density at radius 1 is 1.26 bits per heavy atom. The Labute approximate surface area is 114 Å². The van der Waals surface area contributed by atoms with Gasteiger partial charge in [-0.2, -0.15) is 0 Å². The monoisotopic (exact) mass is 258 g/mol. The molecule has 1 heterocycles. The number of nitrogens with one attached hydrogen (secondary N) is 1. The van der Waals surface area contributed by atoms with Crippen LogP contribution in [-0.2, 0) is 5.60 Å². The van der Waals surface area contributed by atoms with Crippen LogP contribution in [0.25, 0.3) is 10.9 Å². The molecule has 0 radical (unpaired) electrons. The highest BCUT2D eigenvalue weighted by molar-refractivity contribution is 5.79. The van der Waals surface area contributed by atoms with Crippen LogP contribution in [0.4, 0.5) is 0 Å². The molecule has 2 aromatic rings. The minimum absolute atomic E-state index is 0.561. The number of aromatic nitrogens is 1. The molecule has 0 saturated heterocycles. The van der Waals surface area contributed by atoms with Crippen LogP contribution in [0.15, 0.2) is 30.3 Å². The molecule has 0 saturated carbocycles. The summed E-state index contributed by atoms with van der Waals surface area (Å²) in [7, 11) is 0. The van der Waals surface area contributed by atoms with E-state index in [-0.39, 0.29) is 0 Å². The Morgan fingerprint density at radius 3 is 2.79 bits per heavy atom. The van der Waals surface area contributed by atoms with Gasteiger partial charge in [-0.25, -0.2) is 0 Å². The molecule has 1 aromatic heterocycles. The van der Waals surface area contributed by atoms with Crippen LogP contribution in [0.3, 0.4) is 0 Å². The number of aliphatic hydroxyl groups is 1. The summed E-state index contributed by atoms with van der Waals surface area (Å²) in [5.74, 6) is 0. The molecule has 3 heteroatoms. The average Bonchev–Trinajstić information content (AvgIpc) is 2.38. The van der Waals surface area contributed by atoms with E-state index < -0.39 is 5.60 Å². The molecule has 19 heavy (non-hydrogen) atoms. The fourth-order valence-corrected chi connectivity index (χ4v) is 2.17. The maximum atomic E-state index is 10.5. The van der Waals surface area contributed by atoms with Crippen molar-refractivity contribution in [2.24, 2.45) is 0 Å². The lowest BCUT2D eigenvalue weighted by Crippen LogP contribution is -2.35. The zero-order valence-corrected chi connectivity index (χ0v) is 11.9. The lowest BCUT2D eigenvalue weighted by atomic mass is 9.94. The van der Waals surface area contributed by atoms with E-state index in [0.29, 0.717) is 6.54 Å². The summed E-state index contributed by atoms with van der Waals surface area (Å²) in [5, 5.41) is 14.9. The van der Waals surface area contributed by atoms with Gasteiger partial charge in [0.2, 0.25) is 0 Å². The molecule has 1 unspecified atom stereocenters. The van der Waals surface area contributed by atoms with E-state index in [4.69, 9.17) is 0 Å². The van der Waals surface area contributed by atoms with Crippen LogP contribution >= 0.6 is 0 Å². The van der Waals surface area contributed by atoms with Crippen molar-refractivity contribution < 1.29 is 5.11 Å². The van der Waals surface area contributed by atoms with Gasteiger partial charge in [0.1, 0.15) is 0 Å². The highest BCUT2D eigenvalue weighted by Gasteiger charge is 2.22. The van der Waals surface area contributed by atoms with Gasteiger partial charge in [0, 0.05) is 17.6 Å². The van der Waals surface area contributed by atoms with E-state index in [9.17, 15) is 5.11 Å². The van der Waals surface area contributed by atoms with Gasteiger partial charge in [0.25, 0.3) is 0 Å². The maximum Gasteiger partial charge on any atom is 0.0992 e. The summed E-state index contributed by atoms with van der Waals surface area (Å²) in [6.07, 6.45) is 1.07. The smallest absolute Gasteiger partial charge is 0.0992 e. The number of hydrogen-bond donors (Lipinski definition) is 2. The second-order valence-electron chi connectivity index (χ2n) is 5.31. The number of rotatable bonds is 5. The number of pyridine rings is 1. The largest absolute Gasteiger partial charge is 0.384 e. The molecule has 0 aliphatic heterocycles. The molecule has 0 aliphatic carbocycles. The van der Waals surface area contributed by atoms with Gasteiger partial charge in [-0.15, -0.1) is 0 Å². The molecule has 102 valence electrons. The normalized spacial score (nSPS) is 14.5. The summed E-state index contributed by atoms with van der Waals surface area (Å²) in [6, 6.07) is 10.0. The lowest BCUT2D eigenvalue weighted by molar-refractivity contribution is 0.0573. The van der Waals surface area contributed by atoms with Crippen molar-refractivity contribution in [3.05, 3.63) is 41.6 Å². The topological polar surface area (TPSA) is 45.1 Å². The molecule has 0 aliphatic rings. The molecule has 0 amide bonds. The summed E-state index contributed by atoms with van der Waals surface area (Å²) in [5.41, 5.74) is 2.06. The van der Waals surface area contributed by atoms with Crippen LogP contribution in [0.1, 0.15) is 31.5 Å². The molecule has 0 bridgehead atoms. The fraction of sp³-hybridized carbons (Fsp3) is 0.438. The number of aryl methyl sites for hydroxylation is 1. The molecule has 2 rings (SSSR count). The summed E-state index contributed by atoms with van der Waals surface area (Å²) in [4.78, 5) is 4.48. The van der Waals surface area contributed by atoms with Crippen molar-refractivity contribution in [2.75, 3.05) is 13.1 Å². The predicted molar refractivity (Wildman–Crippen MR) is 79.2 cm³/mol. The molecule has 0 fully saturated rings. The van der Waals surface area contributed by atoms with Gasteiger partial charge in [-0.3, -0.25) is 4.98 Å². The first kappa shape index (κ1) is 14.0. The summed E-state index contributed by atoms with van der Waals surface area (Å²) < 4.78 is 0. The standard InChI is InChI=1S/C16H22N2O/c1-4-9-17-11-16(3,19)14-7-8-15-13(10-14)6-5-12(2)18-15/h5-8,10,17,19H,4,9,11H2,1-3H3.